The summed E-state index contributed by atoms with van der Waals surface area (Å²) in [5.41, 5.74) is 3.11. The van der Waals surface area contributed by atoms with E-state index in [9.17, 15) is 9.59 Å². The zero-order valence-corrected chi connectivity index (χ0v) is 13.0. The lowest BCUT2D eigenvalue weighted by Gasteiger charge is -2.00. The Labute approximate surface area is 129 Å². The van der Waals surface area contributed by atoms with Gasteiger partial charge in [0.1, 0.15) is 5.69 Å². The van der Waals surface area contributed by atoms with Crippen LogP contribution in [0.15, 0.2) is 36.4 Å². The molecule has 4 nitrogen and oxygen atoms in total. The molecule has 1 aromatic carbocycles. The first kappa shape index (κ1) is 15.8. The predicted octanol–water partition coefficient (Wildman–Crippen LogP) is 3.70. The Kier molecular flexibility index (Phi) is 4.94. The number of esters is 1. The van der Waals surface area contributed by atoms with Crippen LogP contribution in [-0.2, 0) is 4.74 Å². The number of ketones is 1. The molecule has 1 aromatic heterocycles. The van der Waals surface area contributed by atoms with E-state index < -0.39 is 5.97 Å². The van der Waals surface area contributed by atoms with E-state index in [-0.39, 0.29) is 5.78 Å². The number of hydrogen-bond donors (Lipinski definition) is 1. The number of allylic oxidation sites excluding steroid dienone is 1. The highest BCUT2D eigenvalue weighted by atomic mass is 16.5. The van der Waals surface area contributed by atoms with Gasteiger partial charge < -0.3 is 9.72 Å². The second kappa shape index (κ2) is 6.89. The molecule has 0 fully saturated rings. The van der Waals surface area contributed by atoms with Crippen LogP contribution >= 0.6 is 0 Å². The molecule has 0 saturated carbocycles. The van der Waals surface area contributed by atoms with Crippen molar-refractivity contribution in [1.82, 2.24) is 4.98 Å². The first-order valence-electron chi connectivity index (χ1n) is 7.18. The summed E-state index contributed by atoms with van der Waals surface area (Å²) in [6, 6.07) is 9.59. The zero-order valence-electron chi connectivity index (χ0n) is 13.0. The molecule has 1 heterocycles. The fourth-order valence-corrected chi connectivity index (χ4v) is 2.35. The first-order valence-corrected chi connectivity index (χ1v) is 7.18. The number of rotatable bonds is 5. The van der Waals surface area contributed by atoms with Gasteiger partial charge in [-0.2, -0.15) is 0 Å². The molecule has 0 aliphatic rings. The summed E-state index contributed by atoms with van der Waals surface area (Å²) in [5, 5.41) is 0. The highest BCUT2D eigenvalue weighted by Crippen LogP contribution is 2.20. The Morgan fingerprint density at radius 2 is 1.86 bits per heavy atom. The molecule has 1 N–H and O–H groups in total. The van der Waals surface area contributed by atoms with Gasteiger partial charge in [-0.3, -0.25) is 4.79 Å². The fraction of sp³-hybridized carbons (Fsp3) is 0.222. The number of benzene rings is 1. The second-order valence-corrected chi connectivity index (χ2v) is 4.95. The summed E-state index contributed by atoms with van der Waals surface area (Å²) in [4.78, 5) is 27.2. The molecule has 0 aliphatic heterocycles. The van der Waals surface area contributed by atoms with Crippen molar-refractivity contribution in [3.05, 3.63) is 64.5 Å². The summed E-state index contributed by atoms with van der Waals surface area (Å²) in [6.45, 7) is 5.57. The Hall–Kier alpha value is -2.62. The average Bonchev–Trinajstić information content (AvgIpc) is 2.81. The lowest BCUT2D eigenvalue weighted by atomic mass is 10.0. The van der Waals surface area contributed by atoms with Crippen LogP contribution in [0.4, 0.5) is 0 Å². The molecule has 22 heavy (non-hydrogen) atoms. The molecule has 0 saturated heterocycles. The Balaban J connectivity index is 2.27. The van der Waals surface area contributed by atoms with Crippen LogP contribution in [0.2, 0.25) is 0 Å². The van der Waals surface area contributed by atoms with Crippen molar-refractivity contribution in [2.75, 3.05) is 6.61 Å². The monoisotopic (exact) mass is 297 g/mol. The predicted molar refractivity (Wildman–Crippen MR) is 86.0 cm³/mol. The molecule has 0 unspecified atom stereocenters. The summed E-state index contributed by atoms with van der Waals surface area (Å²) in [6.07, 6.45) is 3.28. The van der Waals surface area contributed by atoms with Crippen LogP contribution in [-0.4, -0.2) is 23.3 Å². The largest absolute Gasteiger partial charge is 0.461 e. The van der Waals surface area contributed by atoms with Gasteiger partial charge in [0.05, 0.1) is 6.61 Å². The molecule has 0 spiro atoms. The molecule has 0 amide bonds. The normalized spacial score (nSPS) is 10.9. The van der Waals surface area contributed by atoms with Crippen molar-refractivity contribution >= 4 is 17.8 Å². The standard InChI is InChI=1S/C18H19NO3/c1-4-22-18(21)17-12(2)16(13(3)19-17)15(20)11-10-14-8-6-5-7-9-14/h5-11,19H,4H2,1-3H3/b11-10+. The van der Waals surface area contributed by atoms with Gasteiger partial charge in [-0.25, -0.2) is 4.79 Å². The maximum atomic E-state index is 12.4. The van der Waals surface area contributed by atoms with Crippen molar-refractivity contribution in [1.29, 1.82) is 0 Å². The van der Waals surface area contributed by atoms with Gasteiger partial charge in [0, 0.05) is 11.3 Å². The number of aromatic nitrogens is 1. The van der Waals surface area contributed by atoms with Crippen LogP contribution in [0, 0.1) is 13.8 Å². The molecule has 114 valence electrons. The van der Waals surface area contributed by atoms with Crippen LogP contribution < -0.4 is 0 Å². The van der Waals surface area contributed by atoms with E-state index in [1.54, 1.807) is 26.8 Å². The van der Waals surface area contributed by atoms with E-state index in [2.05, 4.69) is 4.98 Å². The summed E-state index contributed by atoms with van der Waals surface area (Å²) >= 11 is 0. The summed E-state index contributed by atoms with van der Waals surface area (Å²) in [7, 11) is 0. The molecule has 2 rings (SSSR count). The lowest BCUT2D eigenvalue weighted by molar-refractivity contribution is 0.0519. The van der Waals surface area contributed by atoms with E-state index >= 15 is 0 Å². The summed E-state index contributed by atoms with van der Waals surface area (Å²) in [5.74, 6) is -0.570. The molecular formula is C18H19NO3. The first-order chi connectivity index (χ1) is 10.5. The van der Waals surface area contributed by atoms with Crippen molar-refractivity contribution in [2.24, 2.45) is 0 Å². The Morgan fingerprint density at radius 1 is 1.18 bits per heavy atom. The van der Waals surface area contributed by atoms with Crippen molar-refractivity contribution < 1.29 is 14.3 Å². The molecular weight excluding hydrogens is 278 g/mol. The third-order valence-electron chi connectivity index (χ3n) is 3.39. The van der Waals surface area contributed by atoms with E-state index in [0.29, 0.717) is 29.1 Å². The molecule has 0 aliphatic carbocycles. The lowest BCUT2D eigenvalue weighted by Crippen LogP contribution is -2.07. The van der Waals surface area contributed by atoms with Gasteiger partial charge in [-0.15, -0.1) is 0 Å². The minimum atomic E-state index is -0.436. The minimum Gasteiger partial charge on any atom is -0.461 e. The topological polar surface area (TPSA) is 59.2 Å². The van der Waals surface area contributed by atoms with Crippen molar-refractivity contribution in [3.8, 4) is 0 Å². The molecule has 0 atom stereocenters. The van der Waals surface area contributed by atoms with Crippen LogP contribution in [0.1, 0.15) is 44.6 Å². The SMILES string of the molecule is CCOC(=O)c1[nH]c(C)c(C(=O)/C=C/c2ccccc2)c1C. The molecule has 0 radical (unpaired) electrons. The number of ether oxygens (including phenoxy) is 1. The van der Waals surface area contributed by atoms with Crippen molar-refractivity contribution in [2.45, 2.75) is 20.8 Å². The van der Waals surface area contributed by atoms with Crippen molar-refractivity contribution in [3.63, 3.8) is 0 Å². The third kappa shape index (κ3) is 3.34. The number of aromatic amines is 1. The van der Waals surface area contributed by atoms with Gasteiger partial charge in [-0.05, 0) is 38.0 Å². The number of nitrogens with one attached hydrogen (secondary N) is 1. The maximum Gasteiger partial charge on any atom is 0.355 e. The minimum absolute atomic E-state index is 0.134. The Bertz CT molecular complexity index is 711. The second-order valence-electron chi connectivity index (χ2n) is 4.95. The van der Waals surface area contributed by atoms with E-state index in [1.165, 1.54) is 6.08 Å². The molecule has 0 bridgehead atoms. The highest BCUT2D eigenvalue weighted by Gasteiger charge is 2.21. The number of hydrogen-bond acceptors (Lipinski definition) is 3. The van der Waals surface area contributed by atoms with Crippen LogP contribution in [0.5, 0.6) is 0 Å². The van der Waals surface area contributed by atoms with Gasteiger partial charge >= 0.3 is 5.97 Å². The highest BCUT2D eigenvalue weighted by molar-refractivity contribution is 6.10. The fourth-order valence-electron chi connectivity index (χ4n) is 2.35. The van der Waals surface area contributed by atoms with Gasteiger partial charge in [0.2, 0.25) is 0 Å². The molecule has 4 heteroatoms. The smallest absolute Gasteiger partial charge is 0.355 e. The Morgan fingerprint density at radius 3 is 2.50 bits per heavy atom. The van der Waals surface area contributed by atoms with Gasteiger partial charge in [-0.1, -0.05) is 36.4 Å². The number of H-pyrrole nitrogens is 1. The number of aryl methyl sites for hydroxylation is 1. The van der Waals surface area contributed by atoms with Gasteiger partial charge in [0.25, 0.3) is 0 Å². The number of carbonyl (C=O) groups excluding carboxylic acids is 2. The average molecular weight is 297 g/mol. The van der Waals surface area contributed by atoms with Gasteiger partial charge in [0.15, 0.2) is 5.78 Å². The van der Waals surface area contributed by atoms with E-state index in [4.69, 9.17) is 4.74 Å². The van der Waals surface area contributed by atoms with Crippen LogP contribution in [0.25, 0.3) is 6.08 Å². The van der Waals surface area contributed by atoms with Crippen LogP contribution in [0.3, 0.4) is 0 Å². The van der Waals surface area contributed by atoms with E-state index in [0.717, 1.165) is 5.56 Å². The van der Waals surface area contributed by atoms with E-state index in [1.807, 2.05) is 30.3 Å². The third-order valence-corrected chi connectivity index (χ3v) is 3.39. The quantitative estimate of drug-likeness (QED) is 0.520. The summed E-state index contributed by atoms with van der Waals surface area (Å²) < 4.78 is 4.99. The number of carbonyl (C=O) groups is 2. The molecule has 2 aromatic rings. The zero-order chi connectivity index (χ0) is 16.1. The maximum absolute atomic E-state index is 12.4.